The molecule has 0 fully saturated rings. The minimum Gasteiger partial charge on any atom is -0.355 e. The summed E-state index contributed by atoms with van der Waals surface area (Å²) in [6.45, 7) is 2.07. The molecule has 0 spiro atoms. The number of nitrogens with one attached hydrogen (secondary N) is 2. The van der Waals surface area contributed by atoms with Gasteiger partial charge in [0.1, 0.15) is 17.0 Å². The first-order chi connectivity index (χ1) is 16.2. The number of aromatic nitrogens is 3. The Hall–Kier alpha value is -3.76. The molecular formula is C23H20ClN5O4S. The molecule has 0 aliphatic heterocycles. The van der Waals surface area contributed by atoms with Gasteiger partial charge in [-0.2, -0.15) is 0 Å². The van der Waals surface area contributed by atoms with Crippen molar-refractivity contribution in [2.75, 3.05) is 7.05 Å². The Bertz CT molecular complexity index is 1520. The molecule has 11 heteroatoms. The lowest BCUT2D eigenvalue weighted by atomic mass is 10.1. The maximum absolute atomic E-state index is 12.7. The largest absolute Gasteiger partial charge is 0.355 e. The van der Waals surface area contributed by atoms with Crippen molar-refractivity contribution < 1.29 is 18.0 Å². The number of pyridine rings is 1. The summed E-state index contributed by atoms with van der Waals surface area (Å²) in [4.78, 5) is 33.3. The van der Waals surface area contributed by atoms with Crippen LogP contribution in [-0.4, -0.2) is 41.8 Å². The van der Waals surface area contributed by atoms with Crippen molar-refractivity contribution >= 4 is 44.6 Å². The minimum absolute atomic E-state index is 0.0276. The van der Waals surface area contributed by atoms with E-state index < -0.39 is 15.9 Å². The van der Waals surface area contributed by atoms with Crippen LogP contribution in [0.25, 0.3) is 11.2 Å². The van der Waals surface area contributed by atoms with E-state index in [0.717, 1.165) is 5.56 Å². The van der Waals surface area contributed by atoms with Crippen molar-refractivity contribution in [1.29, 1.82) is 0 Å². The van der Waals surface area contributed by atoms with Crippen molar-refractivity contribution in [3.63, 3.8) is 0 Å². The number of halogens is 1. The number of benzene rings is 2. The fourth-order valence-corrected chi connectivity index (χ4v) is 4.62. The number of rotatable bonds is 6. The molecule has 2 aromatic heterocycles. The van der Waals surface area contributed by atoms with E-state index in [2.05, 4.69) is 15.3 Å². The van der Waals surface area contributed by atoms with Crippen LogP contribution < -0.4 is 10.0 Å². The number of hydrogen-bond donors (Lipinski definition) is 2. The average Bonchev–Trinajstić information content (AvgIpc) is 3.14. The van der Waals surface area contributed by atoms with Crippen LogP contribution >= 0.6 is 11.6 Å². The Morgan fingerprint density at radius 3 is 2.41 bits per heavy atom. The highest BCUT2D eigenvalue weighted by Crippen LogP contribution is 2.23. The maximum atomic E-state index is 12.7. The van der Waals surface area contributed by atoms with E-state index in [0.29, 0.717) is 27.6 Å². The smallest absolute Gasteiger partial charge is 0.283 e. The number of fused-ring (bicyclic) bond motifs is 1. The van der Waals surface area contributed by atoms with E-state index in [1.54, 1.807) is 54.0 Å². The summed E-state index contributed by atoms with van der Waals surface area (Å²) >= 11 is 6.40. The molecule has 0 saturated carbocycles. The molecule has 2 N–H and O–H groups in total. The van der Waals surface area contributed by atoms with Crippen LogP contribution in [-0.2, 0) is 16.6 Å². The second-order valence-corrected chi connectivity index (χ2v) is 9.51. The van der Waals surface area contributed by atoms with Crippen LogP contribution in [0.4, 0.5) is 0 Å². The fourth-order valence-electron chi connectivity index (χ4n) is 3.39. The molecule has 2 heterocycles. The average molecular weight is 498 g/mol. The Labute approximate surface area is 200 Å². The molecule has 174 valence electrons. The zero-order valence-electron chi connectivity index (χ0n) is 18.2. The van der Waals surface area contributed by atoms with Gasteiger partial charge in [-0.3, -0.25) is 9.59 Å². The molecule has 34 heavy (non-hydrogen) atoms. The Kier molecular flexibility index (Phi) is 6.36. The molecule has 0 aliphatic rings. The highest BCUT2D eigenvalue weighted by atomic mass is 35.5. The van der Waals surface area contributed by atoms with E-state index in [-0.39, 0.29) is 23.0 Å². The van der Waals surface area contributed by atoms with Crippen molar-refractivity contribution in [2.24, 2.45) is 0 Å². The van der Waals surface area contributed by atoms with E-state index in [1.807, 2.05) is 4.72 Å². The second kappa shape index (κ2) is 9.24. The molecule has 0 radical (unpaired) electrons. The molecule has 0 bridgehead atoms. The number of sulfonamides is 1. The van der Waals surface area contributed by atoms with Crippen molar-refractivity contribution in [3.05, 3.63) is 88.3 Å². The number of hydrogen-bond acceptors (Lipinski definition) is 6. The van der Waals surface area contributed by atoms with Crippen LogP contribution in [0.15, 0.2) is 65.6 Å². The topological polar surface area (TPSA) is 123 Å². The van der Waals surface area contributed by atoms with E-state index in [1.165, 1.54) is 25.2 Å². The van der Waals surface area contributed by atoms with Crippen LogP contribution in [0.2, 0.25) is 5.02 Å². The monoisotopic (exact) mass is 497 g/mol. The number of nitrogens with zero attached hydrogens (tertiary/aromatic N) is 3. The predicted molar refractivity (Wildman–Crippen MR) is 127 cm³/mol. The van der Waals surface area contributed by atoms with Gasteiger partial charge in [0.2, 0.25) is 0 Å². The number of amides is 2. The van der Waals surface area contributed by atoms with Gasteiger partial charge < -0.3 is 9.88 Å². The SMILES string of the molecule is CNC(=O)c1ccc(Cn2c(C)nc3ccc(C(=O)NS(=O)(=O)c4ccccc4)nc32)c(Cl)c1. The fraction of sp³-hybridized carbons (Fsp3) is 0.130. The summed E-state index contributed by atoms with van der Waals surface area (Å²) in [6, 6.07) is 15.6. The summed E-state index contributed by atoms with van der Waals surface area (Å²) in [5.74, 6) is -0.479. The van der Waals surface area contributed by atoms with E-state index >= 15 is 0 Å². The lowest BCUT2D eigenvalue weighted by Gasteiger charge is -2.10. The van der Waals surface area contributed by atoms with Crippen LogP contribution in [0.5, 0.6) is 0 Å². The highest BCUT2D eigenvalue weighted by Gasteiger charge is 2.21. The van der Waals surface area contributed by atoms with Gasteiger partial charge in [0, 0.05) is 17.6 Å². The van der Waals surface area contributed by atoms with Gasteiger partial charge in [-0.25, -0.2) is 23.1 Å². The van der Waals surface area contributed by atoms with Gasteiger partial charge >= 0.3 is 0 Å². The normalized spacial score (nSPS) is 11.4. The summed E-state index contributed by atoms with van der Waals surface area (Å²) in [7, 11) is -2.51. The zero-order chi connectivity index (χ0) is 24.5. The van der Waals surface area contributed by atoms with Gasteiger partial charge in [0.15, 0.2) is 5.65 Å². The van der Waals surface area contributed by atoms with Crippen LogP contribution in [0, 0.1) is 6.92 Å². The zero-order valence-corrected chi connectivity index (χ0v) is 19.8. The predicted octanol–water partition coefficient (Wildman–Crippen LogP) is 2.92. The van der Waals surface area contributed by atoms with Crippen molar-refractivity contribution in [1.82, 2.24) is 24.6 Å². The van der Waals surface area contributed by atoms with Gasteiger partial charge in [-0.1, -0.05) is 35.9 Å². The van der Waals surface area contributed by atoms with Gasteiger partial charge in [-0.05, 0) is 48.9 Å². The lowest BCUT2D eigenvalue weighted by Crippen LogP contribution is -2.31. The molecule has 0 aliphatic carbocycles. The van der Waals surface area contributed by atoms with E-state index in [9.17, 15) is 18.0 Å². The van der Waals surface area contributed by atoms with Gasteiger partial charge in [0.05, 0.1) is 11.4 Å². The third-order valence-electron chi connectivity index (χ3n) is 5.17. The molecule has 2 amide bonds. The number of aryl methyl sites for hydroxylation is 1. The maximum Gasteiger partial charge on any atom is 0.283 e. The van der Waals surface area contributed by atoms with Crippen LogP contribution in [0.1, 0.15) is 32.2 Å². The van der Waals surface area contributed by atoms with Crippen molar-refractivity contribution in [3.8, 4) is 0 Å². The molecular weight excluding hydrogens is 478 g/mol. The summed E-state index contributed by atoms with van der Waals surface area (Å²) in [6.07, 6.45) is 0. The first-order valence-corrected chi connectivity index (χ1v) is 12.0. The molecule has 4 rings (SSSR count). The Balaban J connectivity index is 1.65. The molecule has 0 saturated heterocycles. The molecule has 0 unspecified atom stereocenters. The summed E-state index contributed by atoms with van der Waals surface area (Å²) in [5, 5.41) is 2.94. The highest BCUT2D eigenvalue weighted by molar-refractivity contribution is 7.90. The second-order valence-electron chi connectivity index (χ2n) is 7.42. The summed E-state index contributed by atoms with van der Waals surface area (Å²) < 4.78 is 28.8. The molecule has 0 atom stereocenters. The number of carbonyl (C=O) groups excluding carboxylic acids is 2. The van der Waals surface area contributed by atoms with Crippen LogP contribution in [0.3, 0.4) is 0 Å². The third-order valence-corrected chi connectivity index (χ3v) is 6.87. The number of imidazole rings is 1. The number of carbonyl (C=O) groups is 2. The van der Waals surface area contributed by atoms with Gasteiger partial charge in [0.25, 0.3) is 21.8 Å². The Morgan fingerprint density at radius 2 is 1.74 bits per heavy atom. The lowest BCUT2D eigenvalue weighted by molar-refractivity contribution is 0.0959. The minimum atomic E-state index is -4.05. The first-order valence-electron chi connectivity index (χ1n) is 10.2. The summed E-state index contributed by atoms with van der Waals surface area (Å²) in [5.41, 5.74) is 2.01. The Morgan fingerprint density at radius 1 is 1.00 bits per heavy atom. The standard InChI is InChI=1S/C23H20ClN5O4S/c1-14-26-19-10-11-20(23(31)28-34(32,33)17-6-4-3-5-7-17)27-21(19)29(14)13-16-9-8-15(12-18(16)24)22(30)25-2/h3-12H,13H2,1-2H3,(H,25,30)(H,28,31). The van der Waals surface area contributed by atoms with E-state index in [4.69, 9.17) is 11.6 Å². The van der Waals surface area contributed by atoms with Gasteiger partial charge in [-0.15, -0.1) is 0 Å². The first kappa shape index (κ1) is 23.4. The quantitative estimate of drug-likeness (QED) is 0.422. The molecule has 9 nitrogen and oxygen atoms in total. The molecule has 4 aromatic rings. The van der Waals surface area contributed by atoms with Crippen molar-refractivity contribution in [2.45, 2.75) is 18.4 Å². The molecule has 2 aromatic carbocycles. The third kappa shape index (κ3) is 4.63.